The molecule has 1 atom stereocenters. The summed E-state index contributed by atoms with van der Waals surface area (Å²) in [4.78, 5) is 22.3. The molecule has 1 amide bonds. The van der Waals surface area contributed by atoms with Crippen molar-refractivity contribution < 1.29 is 19.1 Å². The van der Waals surface area contributed by atoms with Gasteiger partial charge in [-0.05, 0) is 18.6 Å². The summed E-state index contributed by atoms with van der Waals surface area (Å²) >= 11 is 0. The predicted octanol–water partition coefficient (Wildman–Crippen LogP) is 1.58. The third-order valence-electron chi connectivity index (χ3n) is 2.39. The maximum atomic E-state index is 11.5. The average Bonchev–Trinajstić information content (AvgIpc) is 2.78. The summed E-state index contributed by atoms with van der Waals surface area (Å²) in [5.74, 6) is -0.525. The number of aliphatic carboxylic acids is 1. The number of hydrogen-bond acceptors (Lipinski definition) is 3. The second-order valence-corrected chi connectivity index (χ2v) is 3.83. The van der Waals surface area contributed by atoms with E-state index in [-0.39, 0.29) is 12.3 Å². The third kappa shape index (κ3) is 4.72. The van der Waals surface area contributed by atoms with Crippen LogP contribution in [0.2, 0.25) is 0 Å². The minimum atomic E-state index is -0.988. The molecule has 0 aliphatic rings. The Kier molecular flexibility index (Phi) is 5.26. The number of hydrogen-bond donors (Lipinski definition) is 2. The number of furan rings is 1. The number of carboxylic acid groups (broad SMARTS) is 1. The average molecular weight is 239 g/mol. The Balaban J connectivity index is 2.34. The molecule has 17 heavy (non-hydrogen) atoms. The van der Waals surface area contributed by atoms with Crippen LogP contribution >= 0.6 is 0 Å². The zero-order valence-electron chi connectivity index (χ0n) is 9.81. The number of rotatable bonds is 7. The largest absolute Gasteiger partial charge is 0.480 e. The lowest BCUT2D eigenvalue weighted by molar-refractivity contribution is -0.142. The van der Waals surface area contributed by atoms with E-state index < -0.39 is 12.0 Å². The first kappa shape index (κ1) is 13.3. The van der Waals surface area contributed by atoms with E-state index in [0.29, 0.717) is 12.8 Å². The molecule has 0 saturated carbocycles. The van der Waals surface area contributed by atoms with Crippen LogP contribution in [0.1, 0.15) is 31.9 Å². The standard InChI is InChI=1S/C12H17NO4/c1-2-4-10(12(15)16)13-11(14)7-6-9-5-3-8-17-9/h3,5,8,10H,2,4,6-7H2,1H3,(H,13,14)(H,15,16). The lowest BCUT2D eigenvalue weighted by Crippen LogP contribution is -2.40. The highest BCUT2D eigenvalue weighted by Crippen LogP contribution is 2.04. The van der Waals surface area contributed by atoms with Crippen molar-refractivity contribution in [2.75, 3.05) is 0 Å². The highest BCUT2D eigenvalue weighted by atomic mass is 16.4. The first-order chi connectivity index (χ1) is 8.13. The summed E-state index contributed by atoms with van der Waals surface area (Å²) in [7, 11) is 0. The fourth-order valence-corrected chi connectivity index (χ4v) is 1.50. The second-order valence-electron chi connectivity index (χ2n) is 3.83. The topological polar surface area (TPSA) is 79.5 Å². The van der Waals surface area contributed by atoms with Gasteiger partial charge in [-0.25, -0.2) is 4.79 Å². The highest BCUT2D eigenvalue weighted by molar-refractivity contribution is 5.83. The van der Waals surface area contributed by atoms with Crippen LogP contribution in [0.15, 0.2) is 22.8 Å². The van der Waals surface area contributed by atoms with Gasteiger partial charge in [0.2, 0.25) is 5.91 Å². The molecule has 0 fully saturated rings. The molecule has 1 aromatic heterocycles. The van der Waals surface area contributed by atoms with E-state index in [9.17, 15) is 9.59 Å². The smallest absolute Gasteiger partial charge is 0.326 e. The lowest BCUT2D eigenvalue weighted by atomic mass is 10.1. The fourth-order valence-electron chi connectivity index (χ4n) is 1.50. The van der Waals surface area contributed by atoms with Gasteiger partial charge in [0.1, 0.15) is 11.8 Å². The molecule has 0 radical (unpaired) electrons. The van der Waals surface area contributed by atoms with Crippen LogP contribution in [0.25, 0.3) is 0 Å². The Hall–Kier alpha value is -1.78. The van der Waals surface area contributed by atoms with Crippen molar-refractivity contribution in [1.29, 1.82) is 0 Å². The van der Waals surface area contributed by atoms with Crippen LogP contribution in [0.5, 0.6) is 0 Å². The molecule has 0 aliphatic carbocycles. The molecule has 5 heteroatoms. The molecule has 0 aliphatic heterocycles. The molecule has 0 bridgehead atoms. The van der Waals surface area contributed by atoms with Crippen LogP contribution in [0.4, 0.5) is 0 Å². The quantitative estimate of drug-likeness (QED) is 0.757. The first-order valence-electron chi connectivity index (χ1n) is 5.68. The molecule has 5 nitrogen and oxygen atoms in total. The fraction of sp³-hybridized carbons (Fsp3) is 0.500. The summed E-state index contributed by atoms with van der Waals surface area (Å²) in [6.07, 6.45) is 3.43. The molecule has 1 heterocycles. The van der Waals surface area contributed by atoms with Crippen LogP contribution in [-0.4, -0.2) is 23.0 Å². The SMILES string of the molecule is CCCC(NC(=O)CCc1ccco1)C(=O)O. The number of nitrogens with one attached hydrogen (secondary N) is 1. The Bertz CT molecular complexity index is 359. The summed E-state index contributed by atoms with van der Waals surface area (Å²) in [5, 5.41) is 11.4. The van der Waals surface area contributed by atoms with E-state index in [4.69, 9.17) is 9.52 Å². The second kappa shape index (κ2) is 6.73. The first-order valence-corrected chi connectivity index (χ1v) is 5.68. The van der Waals surface area contributed by atoms with Crippen molar-refractivity contribution in [2.24, 2.45) is 0 Å². The predicted molar refractivity (Wildman–Crippen MR) is 61.5 cm³/mol. The van der Waals surface area contributed by atoms with Crippen molar-refractivity contribution >= 4 is 11.9 Å². The molecule has 1 aromatic rings. The van der Waals surface area contributed by atoms with Gasteiger partial charge < -0.3 is 14.8 Å². The molecule has 2 N–H and O–H groups in total. The van der Waals surface area contributed by atoms with E-state index in [1.54, 1.807) is 18.4 Å². The Morgan fingerprint density at radius 3 is 2.82 bits per heavy atom. The van der Waals surface area contributed by atoms with Crippen molar-refractivity contribution in [3.05, 3.63) is 24.2 Å². The molecule has 1 unspecified atom stereocenters. The number of carbonyl (C=O) groups is 2. The molecule has 94 valence electrons. The lowest BCUT2D eigenvalue weighted by Gasteiger charge is -2.12. The van der Waals surface area contributed by atoms with Crippen LogP contribution < -0.4 is 5.32 Å². The summed E-state index contributed by atoms with van der Waals surface area (Å²) in [6.45, 7) is 1.88. The third-order valence-corrected chi connectivity index (χ3v) is 2.39. The normalized spacial score (nSPS) is 12.1. The Labute approximate surface area is 99.8 Å². The maximum absolute atomic E-state index is 11.5. The number of amides is 1. The number of carbonyl (C=O) groups excluding carboxylic acids is 1. The molecule has 0 aromatic carbocycles. The number of aryl methyl sites for hydroxylation is 1. The van der Waals surface area contributed by atoms with Crippen molar-refractivity contribution in [3.63, 3.8) is 0 Å². The van der Waals surface area contributed by atoms with Crippen molar-refractivity contribution in [1.82, 2.24) is 5.32 Å². The van der Waals surface area contributed by atoms with E-state index in [0.717, 1.165) is 12.2 Å². The summed E-state index contributed by atoms with van der Waals surface area (Å²) in [6, 6.07) is 2.75. The van der Waals surface area contributed by atoms with Gasteiger partial charge in [0.05, 0.1) is 6.26 Å². The Morgan fingerprint density at radius 2 is 2.29 bits per heavy atom. The van der Waals surface area contributed by atoms with Crippen LogP contribution in [0, 0.1) is 0 Å². The monoisotopic (exact) mass is 239 g/mol. The number of carboxylic acids is 1. The van der Waals surface area contributed by atoms with Gasteiger partial charge >= 0.3 is 5.97 Å². The highest BCUT2D eigenvalue weighted by Gasteiger charge is 2.18. The Morgan fingerprint density at radius 1 is 1.53 bits per heavy atom. The molecule has 0 saturated heterocycles. The van der Waals surface area contributed by atoms with Gasteiger partial charge in [-0.3, -0.25) is 4.79 Å². The van der Waals surface area contributed by atoms with Gasteiger partial charge in [0, 0.05) is 12.8 Å². The van der Waals surface area contributed by atoms with Gasteiger partial charge in [0.25, 0.3) is 0 Å². The minimum absolute atomic E-state index is 0.237. The molecule has 0 spiro atoms. The van der Waals surface area contributed by atoms with Crippen molar-refractivity contribution in [3.8, 4) is 0 Å². The van der Waals surface area contributed by atoms with Crippen molar-refractivity contribution in [2.45, 2.75) is 38.6 Å². The zero-order valence-corrected chi connectivity index (χ0v) is 9.81. The zero-order chi connectivity index (χ0) is 12.7. The van der Waals surface area contributed by atoms with Gasteiger partial charge in [-0.15, -0.1) is 0 Å². The maximum Gasteiger partial charge on any atom is 0.326 e. The summed E-state index contributed by atoms with van der Waals surface area (Å²) < 4.78 is 5.09. The van der Waals surface area contributed by atoms with E-state index in [1.165, 1.54) is 0 Å². The molecular formula is C12H17NO4. The molecule has 1 rings (SSSR count). The molecular weight excluding hydrogens is 222 g/mol. The van der Waals surface area contributed by atoms with Crippen LogP contribution in [0.3, 0.4) is 0 Å². The van der Waals surface area contributed by atoms with Crippen LogP contribution in [-0.2, 0) is 16.0 Å². The van der Waals surface area contributed by atoms with Gasteiger partial charge in [0.15, 0.2) is 0 Å². The van der Waals surface area contributed by atoms with Gasteiger partial charge in [-0.2, -0.15) is 0 Å². The summed E-state index contributed by atoms with van der Waals surface area (Å²) in [5.41, 5.74) is 0. The van der Waals surface area contributed by atoms with E-state index >= 15 is 0 Å². The minimum Gasteiger partial charge on any atom is -0.480 e. The van der Waals surface area contributed by atoms with E-state index in [2.05, 4.69) is 5.32 Å². The van der Waals surface area contributed by atoms with Gasteiger partial charge in [-0.1, -0.05) is 13.3 Å². The van der Waals surface area contributed by atoms with E-state index in [1.807, 2.05) is 6.92 Å².